The molecule has 3 rings (SSSR count). The van der Waals surface area contributed by atoms with Gasteiger partial charge in [0.2, 0.25) is 0 Å². The molecule has 0 radical (unpaired) electrons. The van der Waals surface area contributed by atoms with Crippen molar-refractivity contribution >= 4 is 17.8 Å². The number of carboxylic acid groups (broad SMARTS) is 1. The van der Waals surface area contributed by atoms with Crippen LogP contribution in [0.3, 0.4) is 0 Å². The minimum atomic E-state index is -1.29. The number of carboxylic acids is 1. The first-order chi connectivity index (χ1) is 12.5. The van der Waals surface area contributed by atoms with Crippen molar-refractivity contribution in [1.82, 2.24) is 4.90 Å². The molecule has 1 aliphatic heterocycles. The van der Waals surface area contributed by atoms with Gasteiger partial charge in [-0.2, -0.15) is 0 Å². The van der Waals surface area contributed by atoms with E-state index in [0.717, 1.165) is 4.90 Å². The van der Waals surface area contributed by atoms with Crippen LogP contribution in [-0.4, -0.2) is 40.4 Å². The van der Waals surface area contributed by atoms with Crippen LogP contribution in [0.15, 0.2) is 48.5 Å². The molecule has 2 amide bonds. The Kier molecular flexibility index (Phi) is 4.72. The van der Waals surface area contributed by atoms with Gasteiger partial charge in [0, 0.05) is 6.42 Å². The maximum atomic E-state index is 12.5. The highest BCUT2D eigenvalue weighted by Crippen LogP contribution is 2.26. The third kappa shape index (κ3) is 3.15. The molecule has 2 aromatic carbocycles. The molecule has 0 saturated carbocycles. The van der Waals surface area contributed by atoms with Crippen LogP contribution in [0.4, 0.5) is 0 Å². The summed E-state index contributed by atoms with van der Waals surface area (Å²) in [5, 5.41) is 9.59. The Labute approximate surface area is 150 Å². The second kappa shape index (κ2) is 7.11. The van der Waals surface area contributed by atoms with Gasteiger partial charge in [-0.05, 0) is 29.8 Å². The Morgan fingerprint density at radius 3 is 2.15 bits per heavy atom. The number of hydrogen-bond donors (Lipinski definition) is 1. The molecule has 1 heterocycles. The molecule has 1 N–H and O–H groups in total. The van der Waals surface area contributed by atoms with E-state index in [1.165, 1.54) is 12.1 Å². The minimum Gasteiger partial charge on any atom is -0.481 e. The molecule has 2 aromatic rings. The number of carbonyl (C=O) groups is 3. The van der Waals surface area contributed by atoms with E-state index in [1.807, 2.05) is 0 Å². The lowest BCUT2D eigenvalue weighted by molar-refractivity contribution is -0.141. The van der Waals surface area contributed by atoms with Gasteiger partial charge >= 0.3 is 5.97 Å². The van der Waals surface area contributed by atoms with Gasteiger partial charge in [-0.1, -0.05) is 30.2 Å². The lowest BCUT2D eigenvalue weighted by Crippen LogP contribution is -2.46. The zero-order chi connectivity index (χ0) is 18.7. The van der Waals surface area contributed by atoms with Crippen LogP contribution in [0, 0.1) is 12.3 Å². The molecule has 0 aromatic heterocycles. The molecule has 0 fully saturated rings. The first-order valence-corrected chi connectivity index (χ1v) is 7.88. The number of terminal acetylenes is 1. The van der Waals surface area contributed by atoms with E-state index in [9.17, 15) is 19.5 Å². The second-order valence-electron chi connectivity index (χ2n) is 5.72. The number of carbonyl (C=O) groups excluding carboxylic acids is 2. The number of rotatable bonds is 6. The monoisotopic (exact) mass is 349 g/mol. The van der Waals surface area contributed by atoms with Gasteiger partial charge in [0.1, 0.15) is 18.4 Å². The number of hydrogen-bond acceptors (Lipinski definition) is 4. The smallest absolute Gasteiger partial charge is 0.327 e. The fraction of sp³-hybridized carbons (Fsp3) is 0.150. The van der Waals surface area contributed by atoms with Crippen LogP contribution in [0.25, 0.3) is 0 Å². The maximum Gasteiger partial charge on any atom is 0.327 e. The summed E-state index contributed by atoms with van der Waals surface area (Å²) in [5.74, 6) is 0.482. The predicted octanol–water partition coefficient (Wildman–Crippen LogP) is 1.99. The summed E-state index contributed by atoms with van der Waals surface area (Å²) < 4.78 is 5.27. The molecule has 1 unspecified atom stereocenters. The first kappa shape index (κ1) is 17.2. The van der Waals surface area contributed by atoms with Crippen LogP contribution in [-0.2, 0) is 11.2 Å². The lowest BCUT2D eigenvalue weighted by Gasteiger charge is -2.22. The van der Waals surface area contributed by atoms with Crippen molar-refractivity contribution in [2.75, 3.05) is 6.61 Å². The second-order valence-corrected chi connectivity index (χ2v) is 5.72. The Balaban J connectivity index is 1.83. The summed E-state index contributed by atoms with van der Waals surface area (Å²) in [4.78, 5) is 37.6. The number of imide groups is 1. The molecule has 0 saturated heterocycles. The summed E-state index contributed by atoms with van der Waals surface area (Å²) in [6.45, 7) is 0.131. The molecule has 0 aliphatic carbocycles. The number of nitrogens with zero attached hydrogens (tertiary/aromatic N) is 1. The highest BCUT2D eigenvalue weighted by atomic mass is 16.5. The minimum absolute atomic E-state index is 0.00375. The quantitative estimate of drug-likeness (QED) is 0.637. The van der Waals surface area contributed by atoms with Gasteiger partial charge in [-0.3, -0.25) is 14.5 Å². The molecule has 1 aliphatic rings. The Morgan fingerprint density at radius 1 is 1.08 bits per heavy atom. The van der Waals surface area contributed by atoms with Crippen molar-refractivity contribution in [3.63, 3.8) is 0 Å². The average Bonchev–Trinajstić information content (AvgIpc) is 2.90. The van der Waals surface area contributed by atoms with E-state index in [-0.39, 0.29) is 24.2 Å². The molecule has 6 heteroatoms. The van der Waals surface area contributed by atoms with Gasteiger partial charge in [0.25, 0.3) is 11.8 Å². The van der Waals surface area contributed by atoms with Gasteiger partial charge in [-0.25, -0.2) is 4.79 Å². The molecule has 1 atom stereocenters. The fourth-order valence-corrected chi connectivity index (χ4v) is 2.85. The van der Waals surface area contributed by atoms with Crippen LogP contribution >= 0.6 is 0 Å². The number of ether oxygens (including phenoxy) is 1. The van der Waals surface area contributed by atoms with Crippen molar-refractivity contribution in [2.24, 2.45) is 0 Å². The first-order valence-electron chi connectivity index (χ1n) is 7.88. The van der Waals surface area contributed by atoms with E-state index < -0.39 is 23.8 Å². The van der Waals surface area contributed by atoms with Crippen molar-refractivity contribution in [3.8, 4) is 18.1 Å². The molecule has 0 spiro atoms. The van der Waals surface area contributed by atoms with E-state index in [1.54, 1.807) is 36.4 Å². The summed E-state index contributed by atoms with van der Waals surface area (Å²) in [5.41, 5.74) is 1.10. The van der Waals surface area contributed by atoms with Gasteiger partial charge < -0.3 is 9.84 Å². The lowest BCUT2D eigenvalue weighted by atomic mass is 10.0. The number of fused-ring (bicyclic) bond motifs is 1. The highest BCUT2D eigenvalue weighted by molar-refractivity contribution is 6.22. The van der Waals surface area contributed by atoms with Crippen LogP contribution in [0.1, 0.15) is 26.3 Å². The average molecular weight is 349 g/mol. The van der Waals surface area contributed by atoms with E-state index in [2.05, 4.69) is 5.92 Å². The molecule has 6 nitrogen and oxygen atoms in total. The zero-order valence-electron chi connectivity index (χ0n) is 13.7. The number of amides is 2. The normalized spacial score (nSPS) is 13.9. The van der Waals surface area contributed by atoms with E-state index in [4.69, 9.17) is 11.2 Å². The maximum absolute atomic E-state index is 12.5. The summed E-state index contributed by atoms with van der Waals surface area (Å²) >= 11 is 0. The zero-order valence-corrected chi connectivity index (χ0v) is 13.7. The topological polar surface area (TPSA) is 83.9 Å². The van der Waals surface area contributed by atoms with Crippen LogP contribution in [0.5, 0.6) is 5.75 Å². The van der Waals surface area contributed by atoms with E-state index in [0.29, 0.717) is 11.3 Å². The number of benzene rings is 2. The van der Waals surface area contributed by atoms with Crippen LogP contribution < -0.4 is 4.74 Å². The largest absolute Gasteiger partial charge is 0.481 e. The molecule has 26 heavy (non-hydrogen) atoms. The van der Waals surface area contributed by atoms with Crippen molar-refractivity contribution < 1.29 is 24.2 Å². The van der Waals surface area contributed by atoms with Gasteiger partial charge in [-0.15, -0.1) is 6.42 Å². The van der Waals surface area contributed by atoms with Crippen molar-refractivity contribution in [3.05, 3.63) is 65.2 Å². The Morgan fingerprint density at radius 2 is 1.65 bits per heavy atom. The third-order valence-corrected chi connectivity index (χ3v) is 4.10. The summed E-state index contributed by atoms with van der Waals surface area (Å²) in [6.07, 6.45) is 5.12. The Bertz CT molecular complexity index is 876. The fourth-order valence-electron chi connectivity index (χ4n) is 2.85. The molecular weight excluding hydrogens is 334 g/mol. The van der Waals surface area contributed by atoms with E-state index >= 15 is 0 Å². The van der Waals surface area contributed by atoms with Crippen LogP contribution in [0.2, 0.25) is 0 Å². The predicted molar refractivity (Wildman–Crippen MR) is 92.8 cm³/mol. The standard InChI is InChI=1S/C20H15NO5/c1-2-11-26-14-9-7-13(8-10-14)12-17(20(24)25)21-18(22)15-5-3-4-6-16(15)19(21)23/h1,3-10,17H,11-12H2,(H,24,25). The Hall–Kier alpha value is -3.59. The SMILES string of the molecule is C#CCOc1ccc(CC(C(=O)O)N2C(=O)c3ccccc3C2=O)cc1. The molecular formula is C20H15NO5. The van der Waals surface area contributed by atoms with Crippen molar-refractivity contribution in [2.45, 2.75) is 12.5 Å². The summed E-state index contributed by atoms with van der Waals surface area (Å²) in [7, 11) is 0. The van der Waals surface area contributed by atoms with Gasteiger partial charge in [0.05, 0.1) is 11.1 Å². The number of aliphatic carboxylic acids is 1. The molecule has 0 bridgehead atoms. The van der Waals surface area contributed by atoms with Crippen molar-refractivity contribution in [1.29, 1.82) is 0 Å². The molecule has 130 valence electrons. The summed E-state index contributed by atoms with van der Waals surface area (Å²) in [6, 6.07) is 11.7. The van der Waals surface area contributed by atoms with Gasteiger partial charge in [0.15, 0.2) is 0 Å². The third-order valence-electron chi connectivity index (χ3n) is 4.10. The highest BCUT2D eigenvalue weighted by Gasteiger charge is 2.42.